The van der Waals surface area contributed by atoms with Crippen molar-refractivity contribution in [2.45, 2.75) is 39.3 Å². The maximum atomic E-state index is 12.4. The van der Waals surface area contributed by atoms with Crippen LogP contribution >= 0.6 is 0 Å². The summed E-state index contributed by atoms with van der Waals surface area (Å²) in [4.78, 5) is 17.1. The second kappa shape index (κ2) is 5.53. The number of rotatable bonds is 4. The molecule has 0 spiro atoms. The van der Waals surface area contributed by atoms with E-state index in [9.17, 15) is 4.79 Å². The molecule has 0 atom stereocenters. The molecule has 0 radical (unpaired) electrons. The van der Waals surface area contributed by atoms with Crippen molar-refractivity contribution in [2.24, 2.45) is 0 Å². The Labute approximate surface area is 133 Å². The summed E-state index contributed by atoms with van der Waals surface area (Å²) in [7, 11) is 0. The quantitative estimate of drug-likeness (QED) is 0.776. The molecular weight excluding hydrogens is 290 g/mol. The van der Waals surface area contributed by atoms with Crippen LogP contribution in [-0.2, 0) is 25.9 Å². The zero-order valence-corrected chi connectivity index (χ0v) is 13.1. The summed E-state index contributed by atoms with van der Waals surface area (Å²) in [6.45, 7) is 3.31. The highest BCUT2D eigenvalue weighted by Gasteiger charge is 2.23. The van der Waals surface area contributed by atoms with E-state index in [2.05, 4.69) is 38.1 Å². The topological polar surface area (TPSA) is 75.6 Å². The van der Waals surface area contributed by atoms with Gasteiger partial charge in [0.1, 0.15) is 5.82 Å². The predicted octanol–water partition coefficient (Wildman–Crippen LogP) is 2.20. The lowest BCUT2D eigenvalue weighted by molar-refractivity contribution is 0.0943. The number of para-hydroxylation sites is 2. The minimum absolute atomic E-state index is 0.126. The van der Waals surface area contributed by atoms with E-state index < -0.39 is 0 Å². The molecule has 118 valence electrons. The number of nitrogens with zero attached hydrogens (tertiary/aromatic N) is 3. The zero-order valence-electron chi connectivity index (χ0n) is 13.1. The summed E-state index contributed by atoms with van der Waals surface area (Å²) in [6, 6.07) is 8.03. The first-order chi connectivity index (χ1) is 11.3. The number of hydrogen-bond acceptors (Lipinski definition) is 3. The first kappa shape index (κ1) is 14.0. The predicted molar refractivity (Wildman–Crippen MR) is 87.2 cm³/mol. The number of carbonyl (C=O) groups is 1. The van der Waals surface area contributed by atoms with Crippen LogP contribution in [0.25, 0.3) is 11.0 Å². The highest BCUT2D eigenvalue weighted by atomic mass is 16.1. The first-order valence-corrected chi connectivity index (χ1v) is 8.06. The fourth-order valence-electron chi connectivity index (χ4n) is 3.36. The molecule has 3 aromatic rings. The minimum Gasteiger partial charge on any atom is -0.343 e. The smallest absolute Gasteiger partial charge is 0.272 e. The van der Waals surface area contributed by atoms with Crippen molar-refractivity contribution in [3.05, 3.63) is 47.0 Å². The van der Waals surface area contributed by atoms with Gasteiger partial charge in [-0.15, -0.1) is 0 Å². The molecule has 6 heteroatoms. The Balaban J connectivity index is 1.56. The number of aryl methyl sites for hydroxylation is 2. The van der Waals surface area contributed by atoms with E-state index >= 15 is 0 Å². The van der Waals surface area contributed by atoms with E-state index in [1.807, 2.05) is 18.2 Å². The fraction of sp³-hybridized carbons (Fsp3) is 0.353. The summed E-state index contributed by atoms with van der Waals surface area (Å²) in [5.74, 6) is 0.744. The van der Waals surface area contributed by atoms with Crippen molar-refractivity contribution < 1.29 is 4.79 Å². The van der Waals surface area contributed by atoms with E-state index in [-0.39, 0.29) is 5.91 Å². The van der Waals surface area contributed by atoms with Crippen LogP contribution in [0.5, 0.6) is 0 Å². The van der Waals surface area contributed by atoms with Crippen LogP contribution in [-0.4, -0.2) is 25.7 Å². The van der Waals surface area contributed by atoms with Crippen LogP contribution in [0, 0.1) is 0 Å². The molecule has 0 aliphatic heterocycles. The number of aromatic amines is 1. The van der Waals surface area contributed by atoms with Gasteiger partial charge in [-0.3, -0.25) is 9.89 Å². The average molecular weight is 309 g/mol. The summed E-state index contributed by atoms with van der Waals surface area (Å²) in [5, 5.41) is 10.1. The SMILES string of the molecule is CCn1c(CNC(=O)c2n[nH]c3c2CCC3)nc2ccccc21. The number of fused-ring (bicyclic) bond motifs is 2. The Morgan fingerprint density at radius 1 is 1.35 bits per heavy atom. The number of hydrogen-bond donors (Lipinski definition) is 2. The molecule has 1 aliphatic rings. The number of benzene rings is 1. The summed E-state index contributed by atoms with van der Waals surface area (Å²) < 4.78 is 2.13. The summed E-state index contributed by atoms with van der Waals surface area (Å²) >= 11 is 0. The Morgan fingerprint density at radius 2 is 2.22 bits per heavy atom. The van der Waals surface area contributed by atoms with E-state index in [1.165, 1.54) is 0 Å². The third-order valence-corrected chi connectivity index (χ3v) is 4.48. The lowest BCUT2D eigenvalue weighted by Gasteiger charge is -2.07. The Kier molecular flexibility index (Phi) is 3.37. The van der Waals surface area contributed by atoms with Gasteiger partial charge in [-0.1, -0.05) is 12.1 Å². The third kappa shape index (κ3) is 2.30. The van der Waals surface area contributed by atoms with Gasteiger partial charge >= 0.3 is 0 Å². The van der Waals surface area contributed by atoms with Crippen molar-refractivity contribution in [3.63, 3.8) is 0 Å². The minimum atomic E-state index is -0.126. The standard InChI is InChI=1S/C17H19N5O/c1-2-22-14-9-4-3-7-13(14)19-15(22)10-18-17(23)16-11-6-5-8-12(11)20-21-16/h3-4,7,9H,2,5-6,8,10H2,1H3,(H,18,23)(H,20,21). The average Bonchev–Trinajstić information content (AvgIpc) is 3.25. The number of imidazole rings is 1. The van der Waals surface area contributed by atoms with E-state index in [4.69, 9.17) is 0 Å². The van der Waals surface area contributed by atoms with Gasteiger partial charge in [0.2, 0.25) is 0 Å². The van der Waals surface area contributed by atoms with Gasteiger partial charge in [0, 0.05) is 17.8 Å². The molecular formula is C17H19N5O. The maximum absolute atomic E-state index is 12.4. The number of aromatic nitrogens is 4. The maximum Gasteiger partial charge on any atom is 0.272 e. The van der Waals surface area contributed by atoms with Crippen LogP contribution in [0.4, 0.5) is 0 Å². The molecule has 0 saturated carbocycles. The zero-order chi connectivity index (χ0) is 15.8. The molecule has 1 aliphatic carbocycles. The lowest BCUT2D eigenvalue weighted by atomic mass is 10.2. The van der Waals surface area contributed by atoms with Gasteiger partial charge in [0.05, 0.1) is 17.6 Å². The van der Waals surface area contributed by atoms with Gasteiger partial charge in [-0.05, 0) is 38.3 Å². The van der Waals surface area contributed by atoms with E-state index in [0.29, 0.717) is 12.2 Å². The Hall–Kier alpha value is -2.63. The van der Waals surface area contributed by atoms with Crippen LogP contribution in [0.2, 0.25) is 0 Å². The molecule has 2 N–H and O–H groups in total. The molecule has 0 fully saturated rings. The van der Waals surface area contributed by atoms with Gasteiger partial charge < -0.3 is 9.88 Å². The number of carbonyl (C=O) groups excluding carboxylic acids is 1. The Morgan fingerprint density at radius 3 is 3.09 bits per heavy atom. The monoisotopic (exact) mass is 309 g/mol. The third-order valence-electron chi connectivity index (χ3n) is 4.48. The summed E-state index contributed by atoms with van der Waals surface area (Å²) in [5.41, 5.74) is 4.78. The van der Waals surface area contributed by atoms with E-state index in [1.54, 1.807) is 0 Å². The van der Waals surface area contributed by atoms with Gasteiger partial charge in [-0.25, -0.2) is 4.98 Å². The van der Waals surface area contributed by atoms with Crippen molar-refractivity contribution in [1.29, 1.82) is 0 Å². The van der Waals surface area contributed by atoms with Crippen LogP contribution in [0.1, 0.15) is 40.9 Å². The molecule has 0 unspecified atom stereocenters. The largest absolute Gasteiger partial charge is 0.343 e. The second-order valence-electron chi connectivity index (χ2n) is 5.83. The molecule has 0 bridgehead atoms. The second-order valence-corrected chi connectivity index (χ2v) is 5.83. The Bertz CT molecular complexity index is 876. The number of amides is 1. The van der Waals surface area contributed by atoms with Gasteiger partial charge in [-0.2, -0.15) is 5.10 Å². The highest BCUT2D eigenvalue weighted by Crippen LogP contribution is 2.22. The molecule has 4 rings (SSSR count). The molecule has 2 aromatic heterocycles. The summed E-state index contributed by atoms with van der Waals surface area (Å²) in [6.07, 6.45) is 3.01. The van der Waals surface area contributed by atoms with Crippen molar-refractivity contribution in [3.8, 4) is 0 Å². The number of nitrogens with one attached hydrogen (secondary N) is 2. The van der Waals surface area contributed by atoms with E-state index in [0.717, 1.165) is 53.9 Å². The highest BCUT2D eigenvalue weighted by molar-refractivity contribution is 5.94. The fourth-order valence-corrected chi connectivity index (χ4v) is 3.36. The normalized spacial score (nSPS) is 13.4. The van der Waals surface area contributed by atoms with Crippen LogP contribution in [0.3, 0.4) is 0 Å². The van der Waals surface area contributed by atoms with Gasteiger partial charge in [0.25, 0.3) is 5.91 Å². The molecule has 0 saturated heterocycles. The van der Waals surface area contributed by atoms with Crippen molar-refractivity contribution in [1.82, 2.24) is 25.1 Å². The van der Waals surface area contributed by atoms with Crippen LogP contribution < -0.4 is 5.32 Å². The van der Waals surface area contributed by atoms with Gasteiger partial charge in [0.15, 0.2) is 5.69 Å². The lowest BCUT2D eigenvalue weighted by Crippen LogP contribution is -2.26. The molecule has 6 nitrogen and oxygen atoms in total. The molecule has 23 heavy (non-hydrogen) atoms. The molecule has 2 heterocycles. The van der Waals surface area contributed by atoms with Crippen molar-refractivity contribution in [2.75, 3.05) is 0 Å². The van der Waals surface area contributed by atoms with Crippen LogP contribution in [0.15, 0.2) is 24.3 Å². The van der Waals surface area contributed by atoms with Crippen molar-refractivity contribution >= 4 is 16.9 Å². The molecule has 1 amide bonds. The molecule has 1 aromatic carbocycles. The first-order valence-electron chi connectivity index (χ1n) is 8.06. The number of H-pyrrole nitrogens is 1.